The molecule has 20 heavy (non-hydrogen) atoms. The van der Waals surface area contributed by atoms with Gasteiger partial charge in [-0.2, -0.15) is 4.31 Å². The molecule has 0 amide bonds. The van der Waals surface area contributed by atoms with E-state index in [-0.39, 0.29) is 6.04 Å². The number of unbranched alkanes of at least 4 members (excludes halogenated alkanes) is 1. The van der Waals surface area contributed by atoms with Gasteiger partial charge in [0.05, 0.1) is 10.8 Å². The van der Waals surface area contributed by atoms with Gasteiger partial charge in [-0.25, -0.2) is 8.42 Å². The summed E-state index contributed by atoms with van der Waals surface area (Å²) in [5, 5.41) is 0. The van der Waals surface area contributed by atoms with E-state index < -0.39 is 10.0 Å². The summed E-state index contributed by atoms with van der Waals surface area (Å²) in [6.07, 6.45) is 2.68. The summed E-state index contributed by atoms with van der Waals surface area (Å²) in [5.74, 6) is 0.360. The van der Waals surface area contributed by atoms with Crippen LogP contribution in [0.2, 0.25) is 0 Å². The molecule has 0 aliphatic rings. The second-order valence-electron chi connectivity index (χ2n) is 4.99. The van der Waals surface area contributed by atoms with Crippen LogP contribution < -0.4 is 0 Å². The van der Waals surface area contributed by atoms with Gasteiger partial charge in [-0.3, -0.25) is 0 Å². The Hall–Kier alpha value is -0.100. The first-order valence-corrected chi connectivity index (χ1v) is 9.84. The molecule has 1 rings (SSSR count). The molecule has 1 aromatic heterocycles. The normalized spacial score (nSPS) is 13.9. The van der Waals surface area contributed by atoms with Gasteiger partial charge in [0, 0.05) is 22.3 Å². The van der Waals surface area contributed by atoms with E-state index >= 15 is 0 Å². The molecule has 0 radical (unpaired) electrons. The van der Waals surface area contributed by atoms with Crippen molar-refractivity contribution >= 4 is 33.0 Å². The van der Waals surface area contributed by atoms with E-state index in [1.807, 2.05) is 20.8 Å². The maximum absolute atomic E-state index is 12.9. The molecule has 1 atom stereocenters. The number of aryl methyl sites for hydroxylation is 1. The van der Waals surface area contributed by atoms with Crippen LogP contribution in [-0.4, -0.2) is 25.3 Å². The number of thiophene rings is 1. The molecule has 0 aliphatic heterocycles. The average Bonchev–Trinajstić information content (AvgIpc) is 2.80. The van der Waals surface area contributed by atoms with Crippen LogP contribution in [0, 0.1) is 6.92 Å². The topological polar surface area (TPSA) is 37.4 Å². The molecule has 0 aromatic carbocycles. The summed E-state index contributed by atoms with van der Waals surface area (Å²) in [5.41, 5.74) is 0. The fourth-order valence-electron chi connectivity index (χ4n) is 2.07. The van der Waals surface area contributed by atoms with E-state index in [0.29, 0.717) is 17.3 Å². The van der Waals surface area contributed by atoms with Gasteiger partial charge in [0.1, 0.15) is 0 Å². The first kappa shape index (κ1) is 18.0. The first-order valence-electron chi connectivity index (χ1n) is 7.05. The van der Waals surface area contributed by atoms with Crippen molar-refractivity contribution in [1.82, 2.24) is 4.31 Å². The van der Waals surface area contributed by atoms with Crippen molar-refractivity contribution in [3.05, 3.63) is 15.8 Å². The van der Waals surface area contributed by atoms with Gasteiger partial charge in [0.15, 0.2) is 0 Å². The zero-order valence-electron chi connectivity index (χ0n) is 12.6. The first-order chi connectivity index (χ1) is 9.38. The number of nitrogens with zero attached hydrogens (tertiary/aromatic N) is 1. The van der Waals surface area contributed by atoms with E-state index in [9.17, 15) is 8.42 Å². The van der Waals surface area contributed by atoms with Crippen molar-refractivity contribution in [2.45, 2.75) is 63.8 Å². The van der Waals surface area contributed by atoms with Crippen LogP contribution in [0.25, 0.3) is 0 Å². The Kier molecular flexibility index (Phi) is 6.98. The molecule has 0 bridgehead atoms. The fraction of sp³-hybridized carbons (Fsp3) is 0.714. The van der Waals surface area contributed by atoms with E-state index in [2.05, 4.69) is 6.92 Å². The molecule has 0 saturated heterocycles. The Labute approximate surface area is 132 Å². The lowest BCUT2D eigenvalue weighted by Crippen LogP contribution is -2.39. The highest BCUT2D eigenvalue weighted by Gasteiger charge is 2.30. The molecule has 1 heterocycles. The molecule has 1 aromatic rings. The molecule has 3 nitrogen and oxygen atoms in total. The Morgan fingerprint density at radius 1 is 1.40 bits per heavy atom. The number of alkyl halides is 1. The zero-order valence-corrected chi connectivity index (χ0v) is 15.0. The Balaban J connectivity index is 3.17. The lowest BCUT2D eigenvalue weighted by molar-refractivity contribution is 0.324. The summed E-state index contributed by atoms with van der Waals surface area (Å²) in [7, 11) is -3.42. The summed E-state index contributed by atoms with van der Waals surface area (Å²) < 4.78 is 27.4. The SMILES string of the molecule is CCCCN(C(C)CC)S(=O)(=O)c1cc(CCl)sc1C. The second-order valence-corrected chi connectivity index (χ2v) is 8.46. The maximum atomic E-state index is 12.9. The molecule has 116 valence electrons. The molecule has 6 heteroatoms. The van der Waals surface area contributed by atoms with Gasteiger partial charge in [-0.1, -0.05) is 20.3 Å². The highest BCUT2D eigenvalue weighted by molar-refractivity contribution is 7.89. The summed E-state index contributed by atoms with van der Waals surface area (Å²) >= 11 is 7.28. The van der Waals surface area contributed by atoms with E-state index in [0.717, 1.165) is 29.0 Å². The third-order valence-corrected chi connectivity index (χ3v) is 7.22. The summed E-state index contributed by atoms with van der Waals surface area (Å²) in [6.45, 7) is 8.49. The predicted octanol–water partition coefficient (Wildman–Crippen LogP) is 4.38. The van der Waals surface area contributed by atoms with Gasteiger partial charge < -0.3 is 0 Å². The van der Waals surface area contributed by atoms with Crippen LogP contribution >= 0.6 is 22.9 Å². The minimum absolute atomic E-state index is 0.0188. The van der Waals surface area contributed by atoms with Crippen LogP contribution in [-0.2, 0) is 15.9 Å². The van der Waals surface area contributed by atoms with Gasteiger partial charge in [0.2, 0.25) is 10.0 Å². The molecule has 0 spiro atoms. The van der Waals surface area contributed by atoms with Crippen molar-refractivity contribution in [3.63, 3.8) is 0 Å². The van der Waals surface area contributed by atoms with Crippen LogP contribution in [0.1, 0.15) is 49.8 Å². The van der Waals surface area contributed by atoms with Crippen molar-refractivity contribution in [1.29, 1.82) is 0 Å². The van der Waals surface area contributed by atoms with Crippen molar-refractivity contribution in [2.75, 3.05) is 6.54 Å². The molecule has 0 saturated carbocycles. The zero-order chi connectivity index (χ0) is 15.3. The Morgan fingerprint density at radius 3 is 2.50 bits per heavy atom. The predicted molar refractivity (Wildman–Crippen MR) is 87.2 cm³/mol. The number of rotatable bonds is 8. The average molecular weight is 338 g/mol. The highest BCUT2D eigenvalue weighted by atomic mass is 35.5. The molecule has 0 fully saturated rings. The molecule has 0 N–H and O–H groups in total. The van der Waals surface area contributed by atoms with Gasteiger partial charge in [-0.05, 0) is 32.8 Å². The minimum atomic E-state index is -3.42. The Bertz CT molecular complexity index is 525. The van der Waals surface area contributed by atoms with E-state index in [1.165, 1.54) is 11.3 Å². The van der Waals surface area contributed by atoms with E-state index in [1.54, 1.807) is 10.4 Å². The number of hydrogen-bond acceptors (Lipinski definition) is 3. The largest absolute Gasteiger partial charge is 0.244 e. The third kappa shape index (κ3) is 3.97. The number of hydrogen-bond donors (Lipinski definition) is 0. The molecule has 1 unspecified atom stereocenters. The standard InChI is InChI=1S/C14H24ClNO2S2/c1-5-7-8-16(11(3)6-2)20(17,18)14-9-13(10-15)19-12(14)4/h9,11H,5-8,10H2,1-4H3. The van der Waals surface area contributed by atoms with E-state index in [4.69, 9.17) is 11.6 Å². The van der Waals surface area contributed by atoms with Crippen molar-refractivity contribution in [2.24, 2.45) is 0 Å². The van der Waals surface area contributed by atoms with Crippen LogP contribution in [0.5, 0.6) is 0 Å². The number of halogens is 1. The molecular formula is C14H24ClNO2S2. The molecule has 0 aliphatic carbocycles. The quantitative estimate of drug-likeness (QED) is 0.660. The fourth-order valence-corrected chi connectivity index (χ4v) is 5.51. The smallest absolute Gasteiger partial charge is 0.207 e. The highest BCUT2D eigenvalue weighted by Crippen LogP contribution is 2.30. The van der Waals surface area contributed by atoms with Crippen LogP contribution in [0.15, 0.2) is 11.0 Å². The van der Waals surface area contributed by atoms with Gasteiger partial charge >= 0.3 is 0 Å². The maximum Gasteiger partial charge on any atom is 0.244 e. The lowest BCUT2D eigenvalue weighted by Gasteiger charge is -2.27. The second kappa shape index (κ2) is 7.78. The third-order valence-electron chi connectivity index (χ3n) is 3.46. The summed E-state index contributed by atoms with van der Waals surface area (Å²) in [6, 6.07) is 1.74. The van der Waals surface area contributed by atoms with Crippen LogP contribution in [0.3, 0.4) is 0 Å². The van der Waals surface area contributed by atoms with Crippen molar-refractivity contribution < 1.29 is 8.42 Å². The lowest BCUT2D eigenvalue weighted by atomic mass is 10.2. The Morgan fingerprint density at radius 2 is 2.05 bits per heavy atom. The minimum Gasteiger partial charge on any atom is -0.207 e. The van der Waals surface area contributed by atoms with Crippen LogP contribution in [0.4, 0.5) is 0 Å². The van der Waals surface area contributed by atoms with Crippen molar-refractivity contribution in [3.8, 4) is 0 Å². The van der Waals surface area contributed by atoms with Gasteiger partial charge in [-0.15, -0.1) is 22.9 Å². The molecular weight excluding hydrogens is 314 g/mol. The van der Waals surface area contributed by atoms with Gasteiger partial charge in [0.25, 0.3) is 0 Å². The summed E-state index contributed by atoms with van der Waals surface area (Å²) in [4.78, 5) is 2.15. The number of sulfonamides is 1. The monoisotopic (exact) mass is 337 g/mol.